The quantitative estimate of drug-likeness (QED) is 0.492. The van der Waals surface area contributed by atoms with Crippen molar-refractivity contribution in [1.29, 1.82) is 0 Å². The van der Waals surface area contributed by atoms with Crippen LogP contribution >= 0.6 is 11.8 Å². The number of anilines is 1. The monoisotopic (exact) mass is 441 g/mol. The van der Waals surface area contributed by atoms with E-state index < -0.39 is 0 Å². The fraction of sp³-hybridized carbons (Fsp3) is 0.600. The van der Waals surface area contributed by atoms with Crippen LogP contribution in [0, 0.1) is 17.8 Å². The second-order valence-electron chi connectivity index (χ2n) is 8.79. The normalized spacial score (nSPS) is 22.5. The lowest BCUT2D eigenvalue weighted by atomic mass is 9.90. The van der Waals surface area contributed by atoms with Crippen molar-refractivity contribution in [3.05, 3.63) is 47.8 Å². The minimum absolute atomic E-state index is 0.193. The van der Waals surface area contributed by atoms with E-state index in [-0.39, 0.29) is 6.10 Å². The molecule has 4 rings (SSSR count). The molecule has 1 saturated heterocycles. The van der Waals surface area contributed by atoms with Crippen molar-refractivity contribution >= 4 is 17.7 Å². The summed E-state index contributed by atoms with van der Waals surface area (Å²) in [6.07, 6.45) is 10.9. The Balaban J connectivity index is 1.26. The van der Waals surface area contributed by atoms with Crippen molar-refractivity contribution in [1.82, 2.24) is 9.97 Å². The second-order valence-corrected chi connectivity index (χ2v) is 9.67. The largest absolute Gasteiger partial charge is 0.382 e. The number of nitrogens with zero attached hydrogens (tertiary/aromatic N) is 3. The number of aryl methyl sites for hydroxylation is 1. The summed E-state index contributed by atoms with van der Waals surface area (Å²) in [5, 5.41) is 0. The van der Waals surface area contributed by atoms with Crippen molar-refractivity contribution in [2.75, 3.05) is 38.0 Å². The highest BCUT2D eigenvalue weighted by molar-refractivity contribution is 7.98. The van der Waals surface area contributed by atoms with Crippen LogP contribution in [-0.4, -0.2) is 49.1 Å². The van der Waals surface area contributed by atoms with Crippen molar-refractivity contribution in [3.8, 4) is 0 Å². The highest BCUT2D eigenvalue weighted by atomic mass is 32.2. The van der Waals surface area contributed by atoms with Crippen molar-refractivity contribution in [3.63, 3.8) is 0 Å². The van der Waals surface area contributed by atoms with Crippen LogP contribution in [0.3, 0.4) is 0 Å². The molecule has 0 spiro atoms. The van der Waals surface area contributed by atoms with Crippen molar-refractivity contribution in [2.45, 2.75) is 50.2 Å². The smallest absolute Gasteiger partial charge is 0.225 e. The van der Waals surface area contributed by atoms with Crippen LogP contribution in [0.1, 0.15) is 37.3 Å². The Labute approximate surface area is 191 Å². The summed E-state index contributed by atoms with van der Waals surface area (Å²) in [5.74, 6) is 3.06. The molecule has 0 bridgehead atoms. The summed E-state index contributed by atoms with van der Waals surface area (Å²) in [7, 11) is 1.78. The van der Waals surface area contributed by atoms with E-state index in [1.807, 2.05) is 12.4 Å². The molecule has 168 valence electrons. The van der Waals surface area contributed by atoms with Gasteiger partial charge in [0.15, 0.2) is 0 Å². The van der Waals surface area contributed by atoms with E-state index in [0.29, 0.717) is 19.1 Å². The third kappa shape index (κ3) is 5.79. The maximum absolute atomic E-state index is 6.34. The van der Waals surface area contributed by atoms with Gasteiger partial charge in [-0.1, -0.05) is 19.1 Å². The van der Waals surface area contributed by atoms with E-state index in [1.54, 1.807) is 18.9 Å². The van der Waals surface area contributed by atoms with Gasteiger partial charge in [0.2, 0.25) is 5.95 Å². The van der Waals surface area contributed by atoms with E-state index in [9.17, 15) is 0 Å². The van der Waals surface area contributed by atoms with E-state index >= 15 is 0 Å². The lowest BCUT2D eigenvalue weighted by Gasteiger charge is -2.32. The van der Waals surface area contributed by atoms with Gasteiger partial charge in [-0.15, -0.1) is 11.8 Å². The van der Waals surface area contributed by atoms with Gasteiger partial charge in [-0.05, 0) is 73.0 Å². The van der Waals surface area contributed by atoms with Crippen LogP contribution in [0.4, 0.5) is 5.95 Å². The van der Waals surface area contributed by atoms with E-state index in [2.05, 4.69) is 52.3 Å². The van der Waals surface area contributed by atoms with Gasteiger partial charge in [-0.3, -0.25) is 0 Å². The fourth-order valence-corrected chi connectivity index (χ4v) is 5.22. The molecule has 5 nitrogen and oxygen atoms in total. The van der Waals surface area contributed by atoms with Gasteiger partial charge in [-0.2, -0.15) is 0 Å². The van der Waals surface area contributed by atoms with Crippen LogP contribution < -0.4 is 4.90 Å². The average Bonchev–Trinajstić information content (AvgIpc) is 3.63. The topological polar surface area (TPSA) is 47.5 Å². The minimum atomic E-state index is 0.193. The zero-order valence-electron chi connectivity index (χ0n) is 19.0. The predicted molar refractivity (Wildman–Crippen MR) is 127 cm³/mol. The summed E-state index contributed by atoms with van der Waals surface area (Å²) in [5.41, 5.74) is 2.43. The molecule has 1 aliphatic carbocycles. The molecule has 0 unspecified atom stereocenters. The molecular weight excluding hydrogens is 406 g/mol. The lowest BCUT2D eigenvalue weighted by molar-refractivity contribution is -0.0280. The number of thioether (sulfide) groups is 1. The number of piperidine rings is 1. The number of hydrogen-bond acceptors (Lipinski definition) is 6. The maximum atomic E-state index is 6.34. The Morgan fingerprint density at radius 1 is 1.10 bits per heavy atom. The van der Waals surface area contributed by atoms with Crippen LogP contribution in [0.5, 0.6) is 0 Å². The summed E-state index contributed by atoms with van der Waals surface area (Å²) in [6.45, 7) is 5.58. The molecule has 6 heteroatoms. The fourth-order valence-electron chi connectivity index (χ4n) is 4.81. The first-order valence-electron chi connectivity index (χ1n) is 11.5. The van der Waals surface area contributed by atoms with Crippen molar-refractivity contribution < 1.29 is 9.47 Å². The van der Waals surface area contributed by atoms with Crippen LogP contribution in [0.15, 0.2) is 41.6 Å². The Morgan fingerprint density at radius 3 is 2.42 bits per heavy atom. The molecule has 1 aromatic heterocycles. The third-order valence-electron chi connectivity index (χ3n) is 6.85. The van der Waals surface area contributed by atoms with E-state index in [1.165, 1.54) is 35.3 Å². The first-order valence-corrected chi connectivity index (χ1v) is 12.7. The molecular formula is C25H35N3O2S. The van der Waals surface area contributed by atoms with Gasteiger partial charge >= 0.3 is 0 Å². The molecule has 0 N–H and O–H groups in total. The molecule has 1 saturated carbocycles. The predicted octanol–water partition coefficient (Wildman–Crippen LogP) is 4.85. The number of hydrogen-bond donors (Lipinski definition) is 0. The summed E-state index contributed by atoms with van der Waals surface area (Å²) in [4.78, 5) is 12.8. The molecule has 0 amide bonds. The number of methoxy groups -OCH3 is 1. The summed E-state index contributed by atoms with van der Waals surface area (Å²) >= 11 is 1.77. The molecule has 31 heavy (non-hydrogen) atoms. The molecule has 3 atom stereocenters. The zero-order chi connectivity index (χ0) is 21.6. The number of ether oxygens (including phenoxy) is 2. The highest BCUT2D eigenvalue weighted by Gasteiger charge is 2.48. The Hall–Kier alpha value is -1.63. The average molecular weight is 442 g/mol. The summed E-state index contributed by atoms with van der Waals surface area (Å²) < 4.78 is 11.8. The zero-order valence-corrected chi connectivity index (χ0v) is 19.8. The molecule has 2 fully saturated rings. The van der Waals surface area contributed by atoms with Gasteiger partial charge in [-0.25, -0.2) is 9.97 Å². The molecule has 2 heterocycles. The van der Waals surface area contributed by atoms with Crippen LogP contribution in [0.2, 0.25) is 0 Å². The van der Waals surface area contributed by atoms with E-state index in [4.69, 9.17) is 9.47 Å². The molecule has 1 aromatic carbocycles. The van der Waals surface area contributed by atoms with Gasteiger partial charge in [0, 0.05) is 37.5 Å². The Morgan fingerprint density at radius 2 is 1.81 bits per heavy atom. The van der Waals surface area contributed by atoms with Crippen molar-refractivity contribution in [2.24, 2.45) is 17.8 Å². The molecule has 2 aliphatic rings. The maximum Gasteiger partial charge on any atom is 0.225 e. The van der Waals surface area contributed by atoms with Gasteiger partial charge in [0.05, 0.1) is 19.3 Å². The first kappa shape index (κ1) is 22.6. The van der Waals surface area contributed by atoms with Gasteiger partial charge in [0.1, 0.15) is 0 Å². The van der Waals surface area contributed by atoms with Crippen LogP contribution in [0.25, 0.3) is 0 Å². The molecule has 1 aliphatic heterocycles. The number of benzene rings is 1. The van der Waals surface area contributed by atoms with E-state index in [0.717, 1.165) is 37.3 Å². The van der Waals surface area contributed by atoms with Gasteiger partial charge in [0.25, 0.3) is 0 Å². The number of rotatable bonds is 10. The minimum Gasteiger partial charge on any atom is -0.382 e. The second kappa shape index (κ2) is 10.8. The first-order chi connectivity index (χ1) is 15.2. The number of aromatic nitrogens is 2. The summed E-state index contributed by atoms with van der Waals surface area (Å²) in [6, 6.07) is 8.68. The molecule has 0 radical (unpaired) electrons. The highest BCUT2D eigenvalue weighted by Crippen LogP contribution is 2.50. The SMILES string of the molecule is CCc1cnc(N2CCC([C@H]3C[C@H]3[C@H](COC)OCc3ccc(SC)cc3)CC2)nc1. The van der Waals surface area contributed by atoms with Crippen LogP contribution in [-0.2, 0) is 22.5 Å². The lowest BCUT2D eigenvalue weighted by Crippen LogP contribution is -2.36. The van der Waals surface area contributed by atoms with Gasteiger partial charge < -0.3 is 14.4 Å². The Kier molecular flexibility index (Phi) is 7.86. The third-order valence-corrected chi connectivity index (χ3v) is 7.59. The Bertz CT molecular complexity index is 807. The standard InChI is InChI=1S/C25H35N3O2S/c1-4-18-14-26-25(27-15-18)28-11-9-20(10-12-28)22-13-23(22)24(17-29-2)30-16-19-5-7-21(31-3)8-6-19/h5-8,14-15,20,22-24H,4,9-13,16-17H2,1-3H3/t22-,23-,24+/m1/s1. The molecule has 2 aromatic rings.